The molecule has 0 saturated carbocycles. The molecule has 2 aromatic rings. The highest BCUT2D eigenvalue weighted by atomic mass is 16.4. The molecule has 0 aliphatic rings. The number of aromatic nitrogens is 5. The molecular formula is C5H4N6O2. The number of carboxylic acid groups (broad SMARTS) is 1. The number of hydrogen-bond acceptors (Lipinski definition) is 6. The molecule has 2 heterocycles. The van der Waals surface area contributed by atoms with E-state index >= 15 is 0 Å². The van der Waals surface area contributed by atoms with Gasteiger partial charge in [0.2, 0.25) is 5.69 Å². The van der Waals surface area contributed by atoms with Crippen LogP contribution in [0.25, 0.3) is 5.78 Å². The summed E-state index contributed by atoms with van der Waals surface area (Å²) in [6.45, 7) is 0. The molecule has 66 valence electrons. The maximum absolute atomic E-state index is 10.5. The van der Waals surface area contributed by atoms with E-state index in [0.717, 1.165) is 4.52 Å². The molecule has 0 bridgehead atoms. The van der Waals surface area contributed by atoms with Crippen molar-refractivity contribution in [1.29, 1.82) is 0 Å². The molecule has 2 aromatic heterocycles. The zero-order valence-corrected chi connectivity index (χ0v) is 6.25. The van der Waals surface area contributed by atoms with Crippen LogP contribution in [0, 0.1) is 0 Å². The predicted octanol–water partition coefficient (Wildman–Crippen LogP) is -1.20. The highest BCUT2D eigenvalue weighted by Gasteiger charge is 2.14. The molecule has 0 aliphatic heterocycles. The SMILES string of the molecule is Nc1c(C(=O)O)nnc2ncnn12. The van der Waals surface area contributed by atoms with Crippen molar-refractivity contribution in [3.8, 4) is 0 Å². The minimum absolute atomic E-state index is 0.0880. The summed E-state index contributed by atoms with van der Waals surface area (Å²) in [5, 5.41) is 19.2. The quantitative estimate of drug-likeness (QED) is 0.565. The van der Waals surface area contributed by atoms with Gasteiger partial charge in [-0.25, -0.2) is 4.79 Å². The summed E-state index contributed by atoms with van der Waals surface area (Å²) in [6.07, 6.45) is 1.21. The molecule has 0 fully saturated rings. The first-order chi connectivity index (χ1) is 6.20. The van der Waals surface area contributed by atoms with Crippen LogP contribution in [0.2, 0.25) is 0 Å². The van der Waals surface area contributed by atoms with Crippen LogP contribution in [0.1, 0.15) is 10.5 Å². The van der Waals surface area contributed by atoms with Crippen molar-refractivity contribution in [3.05, 3.63) is 12.0 Å². The van der Waals surface area contributed by atoms with E-state index in [1.54, 1.807) is 0 Å². The Bertz CT molecular complexity index is 477. The van der Waals surface area contributed by atoms with E-state index in [4.69, 9.17) is 10.8 Å². The van der Waals surface area contributed by atoms with Crippen molar-refractivity contribution in [2.75, 3.05) is 5.73 Å². The number of nitrogens with two attached hydrogens (primary N) is 1. The molecule has 0 amide bonds. The lowest BCUT2D eigenvalue weighted by molar-refractivity contribution is 0.0690. The lowest BCUT2D eigenvalue weighted by Gasteiger charge is -1.98. The Hall–Kier alpha value is -2.25. The number of carboxylic acids is 1. The molecule has 8 nitrogen and oxygen atoms in total. The second-order valence-electron chi connectivity index (χ2n) is 2.21. The second kappa shape index (κ2) is 2.37. The third-order valence-corrected chi connectivity index (χ3v) is 1.44. The molecule has 3 N–H and O–H groups in total. The molecule has 0 radical (unpaired) electrons. The van der Waals surface area contributed by atoms with Gasteiger partial charge in [0.05, 0.1) is 0 Å². The van der Waals surface area contributed by atoms with Gasteiger partial charge in [-0.05, 0) is 0 Å². The second-order valence-corrected chi connectivity index (χ2v) is 2.21. The van der Waals surface area contributed by atoms with Gasteiger partial charge in [-0.15, -0.1) is 10.2 Å². The smallest absolute Gasteiger partial charge is 0.360 e. The van der Waals surface area contributed by atoms with E-state index in [1.807, 2.05) is 0 Å². The summed E-state index contributed by atoms with van der Waals surface area (Å²) in [6, 6.07) is 0. The number of hydrogen-bond donors (Lipinski definition) is 2. The Labute approximate surface area is 71.0 Å². The molecule has 8 heteroatoms. The third kappa shape index (κ3) is 0.956. The van der Waals surface area contributed by atoms with Crippen LogP contribution in [0.15, 0.2) is 6.33 Å². The van der Waals surface area contributed by atoms with Gasteiger partial charge in [0, 0.05) is 0 Å². The highest BCUT2D eigenvalue weighted by molar-refractivity contribution is 5.90. The molecular weight excluding hydrogens is 176 g/mol. The third-order valence-electron chi connectivity index (χ3n) is 1.44. The first-order valence-corrected chi connectivity index (χ1v) is 3.25. The largest absolute Gasteiger partial charge is 0.476 e. The first kappa shape index (κ1) is 7.40. The summed E-state index contributed by atoms with van der Waals surface area (Å²) < 4.78 is 1.11. The van der Waals surface area contributed by atoms with E-state index in [0.29, 0.717) is 0 Å². The van der Waals surface area contributed by atoms with E-state index in [-0.39, 0.29) is 17.3 Å². The normalized spacial score (nSPS) is 10.5. The molecule has 0 aliphatic carbocycles. The fraction of sp³-hybridized carbons (Fsp3) is 0. The number of fused-ring (bicyclic) bond motifs is 1. The summed E-state index contributed by atoms with van der Waals surface area (Å²) >= 11 is 0. The Morgan fingerprint density at radius 1 is 1.54 bits per heavy atom. The van der Waals surface area contributed by atoms with Crippen LogP contribution < -0.4 is 5.73 Å². The number of nitrogens with zero attached hydrogens (tertiary/aromatic N) is 5. The summed E-state index contributed by atoms with van der Waals surface area (Å²) in [7, 11) is 0. The minimum atomic E-state index is -1.25. The van der Waals surface area contributed by atoms with Crippen molar-refractivity contribution in [2.45, 2.75) is 0 Å². The average Bonchev–Trinajstić information content (AvgIpc) is 2.52. The van der Waals surface area contributed by atoms with Gasteiger partial charge in [0.1, 0.15) is 6.33 Å². The van der Waals surface area contributed by atoms with E-state index in [9.17, 15) is 4.79 Å². The summed E-state index contributed by atoms with van der Waals surface area (Å²) in [4.78, 5) is 14.2. The molecule has 0 atom stereocenters. The maximum atomic E-state index is 10.5. The van der Waals surface area contributed by atoms with Crippen LogP contribution in [0.3, 0.4) is 0 Å². The van der Waals surface area contributed by atoms with Crippen molar-refractivity contribution in [2.24, 2.45) is 0 Å². The number of aromatic carboxylic acids is 1. The van der Waals surface area contributed by atoms with Gasteiger partial charge in [-0.1, -0.05) is 0 Å². The van der Waals surface area contributed by atoms with Gasteiger partial charge in [0.25, 0.3) is 5.78 Å². The topological polar surface area (TPSA) is 119 Å². The van der Waals surface area contributed by atoms with E-state index in [2.05, 4.69) is 20.3 Å². The average molecular weight is 180 g/mol. The van der Waals surface area contributed by atoms with E-state index in [1.165, 1.54) is 6.33 Å². The number of rotatable bonds is 1. The molecule has 0 saturated heterocycles. The Morgan fingerprint density at radius 3 is 3.00 bits per heavy atom. The lowest BCUT2D eigenvalue weighted by Crippen LogP contribution is -2.12. The maximum Gasteiger partial charge on any atom is 0.360 e. The van der Waals surface area contributed by atoms with Crippen LogP contribution >= 0.6 is 0 Å². The molecule has 13 heavy (non-hydrogen) atoms. The highest BCUT2D eigenvalue weighted by Crippen LogP contribution is 2.06. The molecule has 0 unspecified atom stereocenters. The Balaban J connectivity index is 2.80. The van der Waals surface area contributed by atoms with Crippen molar-refractivity contribution < 1.29 is 9.90 Å². The van der Waals surface area contributed by atoms with Crippen LogP contribution in [0.4, 0.5) is 5.82 Å². The first-order valence-electron chi connectivity index (χ1n) is 3.25. The van der Waals surface area contributed by atoms with Crippen LogP contribution in [-0.2, 0) is 0 Å². The van der Waals surface area contributed by atoms with Crippen LogP contribution in [0.5, 0.6) is 0 Å². The van der Waals surface area contributed by atoms with Gasteiger partial charge in [-0.3, -0.25) is 0 Å². The van der Waals surface area contributed by atoms with Gasteiger partial charge in [0.15, 0.2) is 5.82 Å². The van der Waals surface area contributed by atoms with Crippen molar-refractivity contribution in [3.63, 3.8) is 0 Å². The van der Waals surface area contributed by atoms with Crippen molar-refractivity contribution in [1.82, 2.24) is 24.8 Å². The zero-order valence-electron chi connectivity index (χ0n) is 6.25. The zero-order chi connectivity index (χ0) is 9.42. The summed E-state index contributed by atoms with van der Waals surface area (Å²) in [5.41, 5.74) is 5.11. The fourth-order valence-corrected chi connectivity index (χ4v) is 0.872. The molecule has 2 rings (SSSR count). The van der Waals surface area contributed by atoms with Gasteiger partial charge >= 0.3 is 5.97 Å². The van der Waals surface area contributed by atoms with Gasteiger partial charge in [-0.2, -0.15) is 14.6 Å². The number of nitrogen functional groups attached to an aromatic ring is 1. The van der Waals surface area contributed by atoms with Gasteiger partial charge < -0.3 is 10.8 Å². The number of anilines is 1. The predicted molar refractivity (Wildman–Crippen MR) is 39.9 cm³/mol. The number of carbonyl (C=O) groups is 1. The Kier molecular flexibility index (Phi) is 1.35. The summed E-state index contributed by atoms with van der Waals surface area (Å²) in [5.74, 6) is -1.17. The fourth-order valence-electron chi connectivity index (χ4n) is 0.872. The van der Waals surface area contributed by atoms with Crippen molar-refractivity contribution >= 4 is 17.6 Å². The lowest BCUT2D eigenvalue weighted by atomic mass is 10.4. The molecule has 0 aromatic carbocycles. The minimum Gasteiger partial charge on any atom is -0.476 e. The van der Waals surface area contributed by atoms with E-state index < -0.39 is 5.97 Å². The Morgan fingerprint density at radius 2 is 2.31 bits per heavy atom. The van der Waals surface area contributed by atoms with Crippen LogP contribution in [-0.4, -0.2) is 35.9 Å². The monoisotopic (exact) mass is 180 g/mol. The standard InChI is InChI=1S/C5H4N6O2/c6-3-2(4(12)13)9-10-5-7-1-8-11(3)5/h1H,6H2,(H,12,13). The molecule has 0 spiro atoms.